The summed E-state index contributed by atoms with van der Waals surface area (Å²) in [5, 5.41) is 2.65. The third-order valence-corrected chi connectivity index (χ3v) is 3.75. The van der Waals surface area contributed by atoms with Crippen LogP contribution >= 0.6 is 11.6 Å². The van der Waals surface area contributed by atoms with Gasteiger partial charge in [-0.15, -0.1) is 0 Å². The van der Waals surface area contributed by atoms with E-state index in [-0.39, 0.29) is 17.9 Å². The van der Waals surface area contributed by atoms with E-state index >= 15 is 0 Å². The van der Waals surface area contributed by atoms with E-state index in [0.717, 1.165) is 12.1 Å². The predicted octanol–water partition coefficient (Wildman–Crippen LogP) is 2.92. The van der Waals surface area contributed by atoms with Gasteiger partial charge >= 0.3 is 5.97 Å². The van der Waals surface area contributed by atoms with Gasteiger partial charge in [-0.2, -0.15) is 0 Å². The van der Waals surface area contributed by atoms with Crippen LogP contribution in [0, 0.1) is 11.6 Å². The number of ether oxygens (including phenoxy) is 1. The van der Waals surface area contributed by atoms with Gasteiger partial charge in [-0.05, 0) is 19.1 Å². The molecule has 0 spiro atoms. The van der Waals surface area contributed by atoms with Crippen LogP contribution in [0.25, 0.3) is 6.08 Å². The number of hydrogen-bond acceptors (Lipinski definition) is 5. The molecule has 1 N–H and O–H groups in total. The summed E-state index contributed by atoms with van der Waals surface area (Å²) in [5.74, 6) is -3.69. The van der Waals surface area contributed by atoms with E-state index in [2.05, 4.69) is 5.32 Å². The average molecular weight is 371 g/mol. The zero-order valence-corrected chi connectivity index (χ0v) is 14.7. The molecule has 1 unspecified atom stereocenters. The van der Waals surface area contributed by atoms with E-state index in [9.17, 15) is 18.4 Å². The fourth-order valence-corrected chi connectivity index (χ4v) is 2.52. The SMILES string of the molecule is CCOC(=O)/C(=C\N(C)C)C(=O)C1(Cl)C=Cc2cc(F)c(F)cc2N1. The summed E-state index contributed by atoms with van der Waals surface area (Å²) in [6, 6.07) is 1.88. The lowest BCUT2D eigenvalue weighted by Gasteiger charge is -2.29. The number of carbonyl (C=O) groups excluding carboxylic acids is 2. The number of carbonyl (C=O) groups is 2. The third-order valence-electron chi connectivity index (χ3n) is 3.36. The second kappa shape index (κ2) is 7.23. The first-order chi connectivity index (χ1) is 11.7. The van der Waals surface area contributed by atoms with Crippen molar-refractivity contribution in [1.29, 1.82) is 0 Å². The Morgan fingerprint density at radius 1 is 1.32 bits per heavy atom. The van der Waals surface area contributed by atoms with Gasteiger partial charge in [0.05, 0.1) is 6.61 Å². The number of rotatable bonds is 5. The highest BCUT2D eigenvalue weighted by Gasteiger charge is 2.41. The Hall–Kier alpha value is -2.41. The topological polar surface area (TPSA) is 58.6 Å². The van der Waals surface area contributed by atoms with E-state index in [0.29, 0.717) is 5.56 Å². The van der Waals surface area contributed by atoms with Gasteiger partial charge in [-0.3, -0.25) is 4.79 Å². The molecule has 0 bridgehead atoms. The van der Waals surface area contributed by atoms with Crippen LogP contribution in [0.15, 0.2) is 30.0 Å². The second-order valence-electron chi connectivity index (χ2n) is 5.58. The molecule has 0 saturated carbocycles. The number of hydrogen-bond donors (Lipinski definition) is 1. The predicted molar refractivity (Wildman–Crippen MR) is 91.0 cm³/mol. The summed E-state index contributed by atoms with van der Waals surface area (Å²) in [6.45, 7) is 1.70. The lowest BCUT2D eigenvalue weighted by atomic mass is 9.98. The molecule has 1 aromatic rings. The number of esters is 1. The molecule has 0 aliphatic carbocycles. The minimum atomic E-state index is -1.83. The Balaban J connectivity index is 2.40. The second-order valence-corrected chi connectivity index (χ2v) is 6.18. The quantitative estimate of drug-likeness (QED) is 0.216. The molecular weight excluding hydrogens is 354 g/mol. The molecule has 134 valence electrons. The minimum absolute atomic E-state index is 0.0861. The summed E-state index contributed by atoms with van der Waals surface area (Å²) in [6.07, 6.45) is 3.96. The highest BCUT2D eigenvalue weighted by molar-refractivity contribution is 6.44. The molecule has 0 aromatic heterocycles. The van der Waals surface area contributed by atoms with Gasteiger partial charge in [0.1, 0.15) is 5.57 Å². The fraction of sp³-hybridized carbons (Fsp3) is 0.294. The molecule has 0 radical (unpaired) electrons. The average Bonchev–Trinajstić information content (AvgIpc) is 2.53. The summed E-state index contributed by atoms with van der Waals surface area (Å²) >= 11 is 6.34. The number of nitrogens with one attached hydrogen (secondary N) is 1. The van der Waals surface area contributed by atoms with Crippen LogP contribution in [0.3, 0.4) is 0 Å². The van der Waals surface area contributed by atoms with Gasteiger partial charge in [0, 0.05) is 37.6 Å². The van der Waals surface area contributed by atoms with Gasteiger partial charge < -0.3 is 15.0 Å². The molecule has 0 saturated heterocycles. The Kier molecular flexibility index (Phi) is 5.47. The van der Waals surface area contributed by atoms with Crippen molar-refractivity contribution in [3.63, 3.8) is 0 Å². The number of ketones is 1. The van der Waals surface area contributed by atoms with Crippen LogP contribution in [0.5, 0.6) is 0 Å². The van der Waals surface area contributed by atoms with Crippen LogP contribution in [0.1, 0.15) is 12.5 Å². The highest BCUT2D eigenvalue weighted by Crippen LogP contribution is 2.34. The van der Waals surface area contributed by atoms with Crippen molar-refractivity contribution >= 4 is 35.1 Å². The molecule has 0 fully saturated rings. The number of Topliss-reactive ketones (excluding diaryl/α,β-unsaturated/α-hetero) is 1. The van der Waals surface area contributed by atoms with Crippen molar-refractivity contribution in [2.45, 2.75) is 11.9 Å². The first kappa shape index (κ1) is 18.9. The molecule has 1 heterocycles. The van der Waals surface area contributed by atoms with E-state index < -0.39 is 28.4 Å². The molecule has 25 heavy (non-hydrogen) atoms. The standard InChI is InChI=1S/C17H17ClF2N2O3/c1-4-25-16(24)11(9-22(2)3)15(23)17(18)6-5-10-7-12(19)13(20)8-14(10)21-17/h5-9,21H,4H2,1-3H3/b11-9-. The van der Waals surface area contributed by atoms with E-state index in [1.54, 1.807) is 21.0 Å². The molecule has 1 aliphatic heterocycles. The molecule has 1 atom stereocenters. The molecule has 1 aromatic carbocycles. The van der Waals surface area contributed by atoms with Crippen molar-refractivity contribution in [3.05, 3.63) is 47.2 Å². The Labute approximate surface area is 148 Å². The summed E-state index contributed by atoms with van der Waals surface area (Å²) in [4.78, 5) is 24.6. The number of fused-ring (bicyclic) bond motifs is 1. The van der Waals surface area contributed by atoms with Crippen molar-refractivity contribution in [2.75, 3.05) is 26.0 Å². The Bertz CT molecular complexity index is 777. The first-order valence-corrected chi connectivity index (χ1v) is 7.81. The van der Waals surface area contributed by atoms with Crippen LogP contribution in [0.2, 0.25) is 0 Å². The molecule has 5 nitrogen and oxygen atoms in total. The van der Waals surface area contributed by atoms with E-state index in [1.807, 2.05) is 0 Å². The van der Waals surface area contributed by atoms with Crippen LogP contribution < -0.4 is 5.32 Å². The number of anilines is 1. The van der Waals surface area contributed by atoms with E-state index in [1.165, 1.54) is 23.3 Å². The summed E-state index contributed by atoms with van der Waals surface area (Å²) in [7, 11) is 3.26. The molecule has 1 aliphatic rings. The monoisotopic (exact) mass is 370 g/mol. The smallest absolute Gasteiger partial charge is 0.343 e. The number of alkyl halides is 1. The summed E-state index contributed by atoms with van der Waals surface area (Å²) in [5.41, 5.74) is 0.195. The van der Waals surface area contributed by atoms with Gasteiger partial charge in [0.15, 0.2) is 16.6 Å². The maximum Gasteiger partial charge on any atom is 0.343 e. The van der Waals surface area contributed by atoms with Gasteiger partial charge in [-0.1, -0.05) is 17.7 Å². The number of halogens is 3. The number of nitrogens with zero attached hydrogens (tertiary/aromatic N) is 1. The van der Waals surface area contributed by atoms with Crippen molar-refractivity contribution in [2.24, 2.45) is 0 Å². The van der Waals surface area contributed by atoms with Crippen molar-refractivity contribution in [3.8, 4) is 0 Å². The highest BCUT2D eigenvalue weighted by atomic mass is 35.5. The van der Waals surface area contributed by atoms with Crippen LogP contribution in [0.4, 0.5) is 14.5 Å². The van der Waals surface area contributed by atoms with Crippen LogP contribution in [-0.4, -0.2) is 42.4 Å². The largest absolute Gasteiger partial charge is 0.462 e. The third kappa shape index (κ3) is 3.99. The maximum absolute atomic E-state index is 13.5. The molecular formula is C17H17ClF2N2O3. The van der Waals surface area contributed by atoms with E-state index in [4.69, 9.17) is 16.3 Å². The lowest BCUT2D eigenvalue weighted by Crippen LogP contribution is -2.43. The fourth-order valence-electron chi connectivity index (χ4n) is 2.25. The zero-order chi connectivity index (χ0) is 18.8. The summed E-state index contributed by atoms with van der Waals surface area (Å²) < 4.78 is 31.7. The lowest BCUT2D eigenvalue weighted by molar-refractivity contribution is -0.140. The van der Waals surface area contributed by atoms with Gasteiger partial charge in [-0.25, -0.2) is 13.6 Å². The van der Waals surface area contributed by atoms with Crippen molar-refractivity contribution in [1.82, 2.24) is 4.90 Å². The Morgan fingerprint density at radius 3 is 2.56 bits per heavy atom. The molecule has 2 rings (SSSR count). The molecule has 0 amide bonds. The minimum Gasteiger partial charge on any atom is -0.462 e. The first-order valence-electron chi connectivity index (χ1n) is 7.43. The maximum atomic E-state index is 13.5. The van der Waals surface area contributed by atoms with Crippen LogP contribution in [-0.2, 0) is 14.3 Å². The zero-order valence-electron chi connectivity index (χ0n) is 13.9. The van der Waals surface area contributed by atoms with Gasteiger partial charge in [0.25, 0.3) is 0 Å². The normalized spacial score (nSPS) is 19.0. The van der Waals surface area contributed by atoms with Gasteiger partial charge in [0.2, 0.25) is 5.78 Å². The Morgan fingerprint density at radius 2 is 1.96 bits per heavy atom. The van der Waals surface area contributed by atoms with Crippen molar-refractivity contribution < 1.29 is 23.1 Å². The number of benzene rings is 1. The molecule has 8 heteroatoms.